The molecule has 0 spiro atoms. The largest absolute Gasteiger partial charge is 0.377 e. The van der Waals surface area contributed by atoms with Crippen molar-refractivity contribution in [1.82, 2.24) is 0 Å². The van der Waals surface area contributed by atoms with E-state index in [0.29, 0.717) is 6.42 Å². The van der Waals surface area contributed by atoms with Crippen LogP contribution in [0.1, 0.15) is 28.4 Å². The second kappa shape index (κ2) is 4.58. The second-order valence-electron chi connectivity index (χ2n) is 4.42. The molecule has 2 nitrogen and oxygen atoms in total. The lowest BCUT2D eigenvalue weighted by Gasteiger charge is -2.26. The highest BCUT2D eigenvalue weighted by Gasteiger charge is 2.24. The summed E-state index contributed by atoms with van der Waals surface area (Å²) in [7, 11) is 0. The number of anilines is 1. The van der Waals surface area contributed by atoms with Crippen LogP contribution in [0.25, 0.3) is 0 Å². The molecule has 0 amide bonds. The molecule has 1 heterocycles. The van der Waals surface area contributed by atoms with Gasteiger partial charge in [0.25, 0.3) is 0 Å². The summed E-state index contributed by atoms with van der Waals surface area (Å²) < 4.78 is 1.04. The minimum absolute atomic E-state index is 0.0601. The van der Waals surface area contributed by atoms with Crippen molar-refractivity contribution >= 4 is 27.4 Å². The van der Waals surface area contributed by atoms with E-state index < -0.39 is 0 Å². The lowest BCUT2D eigenvalue weighted by atomic mass is 9.92. The van der Waals surface area contributed by atoms with Gasteiger partial charge in [-0.3, -0.25) is 4.79 Å². The van der Waals surface area contributed by atoms with Gasteiger partial charge in [0.15, 0.2) is 5.78 Å². The Labute approximate surface area is 114 Å². The quantitative estimate of drug-likeness (QED) is 0.856. The first-order valence-corrected chi connectivity index (χ1v) is 6.67. The van der Waals surface area contributed by atoms with Crippen LogP contribution in [0.4, 0.5) is 5.69 Å². The summed E-state index contributed by atoms with van der Waals surface area (Å²) in [5.74, 6) is 0.203. The van der Waals surface area contributed by atoms with Crippen LogP contribution in [-0.2, 0) is 0 Å². The first kappa shape index (κ1) is 11.5. The predicted molar refractivity (Wildman–Crippen MR) is 75.9 cm³/mol. The number of hydrogen-bond acceptors (Lipinski definition) is 2. The number of halogens is 1. The fourth-order valence-corrected chi connectivity index (χ4v) is 2.73. The van der Waals surface area contributed by atoms with Crippen LogP contribution in [0.3, 0.4) is 0 Å². The van der Waals surface area contributed by atoms with E-state index in [9.17, 15) is 4.79 Å². The number of nitrogens with one attached hydrogen (secondary N) is 1. The molecule has 0 saturated carbocycles. The van der Waals surface area contributed by atoms with E-state index in [0.717, 1.165) is 21.3 Å². The third kappa shape index (κ3) is 2.06. The molecule has 0 saturated heterocycles. The van der Waals surface area contributed by atoms with Gasteiger partial charge in [0.1, 0.15) is 0 Å². The first-order valence-electron chi connectivity index (χ1n) is 5.88. The predicted octanol–water partition coefficient (Wildman–Crippen LogP) is 4.19. The number of fused-ring (bicyclic) bond motifs is 1. The van der Waals surface area contributed by atoms with Crippen molar-refractivity contribution < 1.29 is 4.79 Å². The average molecular weight is 302 g/mol. The van der Waals surface area contributed by atoms with Crippen LogP contribution >= 0.6 is 15.9 Å². The Morgan fingerprint density at radius 3 is 2.78 bits per heavy atom. The molecule has 0 aromatic heterocycles. The van der Waals surface area contributed by atoms with Crippen LogP contribution in [0.2, 0.25) is 0 Å². The van der Waals surface area contributed by atoms with Crippen LogP contribution in [-0.4, -0.2) is 5.78 Å². The van der Waals surface area contributed by atoms with Gasteiger partial charge >= 0.3 is 0 Å². The molecule has 1 unspecified atom stereocenters. The third-order valence-corrected chi connectivity index (χ3v) is 3.69. The maximum Gasteiger partial charge on any atom is 0.167 e. The second-order valence-corrected chi connectivity index (χ2v) is 5.34. The number of hydrogen-bond donors (Lipinski definition) is 1. The molecule has 2 aromatic rings. The number of para-hydroxylation sites is 1. The number of rotatable bonds is 1. The Morgan fingerprint density at radius 2 is 1.94 bits per heavy atom. The zero-order valence-corrected chi connectivity index (χ0v) is 11.3. The van der Waals surface area contributed by atoms with Crippen molar-refractivity contribution in [2.24, 2.45) is 0 Å². The lowest BCUT2D eigenvalue weighted by molar-refractivity contribution is 0.0972. The molecule has 18 heavy (non-hydrogen) atoms. The normalized spacial score (nSPS) is 18.1. The molecule has 3 rings (SSSR count). The summed E-state index contributed by atoms with van der Waals surface area (Å²) in [5, 5.41) is 3.43. The van der Waals surface area contributed by atoms with Gasteiger partial charge in [-0.2, -0.15) is 0 Å². The van der Waals surface area contributed by atoms with Crippen LogP contribution in [0.5, 0.6) is 0 Å². The summed E-state index contributed by atoms with van der Waals surface area (Å²) in [4.78, 5) is 12.1. The molecule has 1 atom stereocenters. The van der Waals surface area contributed by atoms with Gasteiger partial charge < -0.3 is 5.32 Å². The van der Waals surface area contributed by atoms with Gasteiger partial charge in [0.05, 0.1) is 6.04 Å². The van der Waals surface area contributed by atoms with E-state index in [1.54, 1.807) is 0 Å². The summed E-state index contributed by atoms with van der Waals surface area (Å²) in [5.41, 5.74) is 2.86. The van der Waals surface area contributed by atoms with Crippen LogP contribution in [0, 0.1) is 0 Å². The number of benzene rings is 2. The summed E-state index contributed by atoms with van der Waals surface area (Å²) in [6.45, 7) is 0. The highest BCUT2D eigenvalue weighted by Crippen LogP contribution is 2.33. The van der Waals surface area contributed by atoms with Crippen LogP contribution < -0.4 is 5.32 Å². The van der Waals surface area contributed by atoms with E-state index in [2.05, 4.69) is 27.3 Å². The first-order chi connectivity index (χ1) is 8.74. The fraction of sp³-hybridized carbons (Fsp3) is 0.133. The van der Waals surface area contributed by atoms with Crippen molar-refractivity contribution in [2.75, 3.05) is 5.32 Å². The average Bonchev–Trinajstić information content (AvgIpc) is 2.39. The van der Waals surface area contributed by atoms with Crippen molar-refractivity contribution in [3.05, 3.63) is 64.1 Å². The Morgan fingerprint density at radius 1 is 1.11 bits per heavy atom. The molecular formula is C15H12BrNO. The molecule has 0 fully saturated rings. The molecule has 3 heteroatoms. The summed E-state index contributed by atoms with van der Waals surface area (Å²) in [6, 6.07) is 15.8. The molecule has 2 aromatic carbocycles. The molecule has 0 bridgehead atoms. The minimum atomic E-state index is 0.0601. The van der Waals surface area contributed by atoms with E-state index in [1.165, 1.54) is 0 Å². The zero-order valence-electron chi connectivity index (χ0n) is 9.69. The molecule has 1 aliphatic heterocycles. The zero-order chi connectivity index (χ0) is 12.5. The van der Waals surface area contributed by atoms with Gasteiger partial charge in [-0.25, -0.2) is 0 Å². The number of ketones is 1. The maximum absolute atomic E-state index is 12.1. The van der Waals surface area contributed by atoms with Crippen molar-refractivity contribution in [3.63, 3.8) is 0 Å². The Balaban J connectivity index is 1.97. The smallest absolute Gasteiger partial charge is 0.167 e. The summed E-state index contributed by atoms with van der Waals surface area (Å²) in [6.07, 6.45) is 0.507. The lowest BCUT2D eigenvalue weighted by Crippen LogP contribution is -2.22. The summed E-state index contributed by atoms with van der Waals surface area (Å²) >= 11 is 3.46. The maximum atomic E-state index is 12.1. The van der Waals surface area contributed by atoms with E-state index in [1.807, 2.05) is 42.5 Å². The SMILES string of the molecule is O=C1CC(c2cccc(Br)c2)Nc2ccccc21. The molecule has 0 radical (unpaired) electrons. The molecule has 1 aliphatic rings. The van der Waals surface area contributed by atoms with Gasteiger partial charge in [-0.1, -0.05) is 40.2 Å². The monoisotopic (exact) mass is 301 g/mol. The third-order valence-electron chi connectivity index (χ3n) is 3.20. The van der Waals surface area contributed by atoms with Gasteiger partial charge in [0.2, 0.25) is 0 Å². The van der Waals surface area contributed by atoms with E-state index in [-0.39, 0.29) is 11.8 Å². The van der Waals surface area contributed by atoms with E-state index >= 15 is 0 Å². The molecule has 0 aliphatic carbocycles. The Hall–Kier alpha value is -1.61. The van der Waals surface area contributed by atoms with Crippen LogP contribution in [0.15, 0.2) is 53.0 Å². The Bertz CT molecular complexity index is 609. The van der Waals surface area contributed by atoms with Crippen molar-refractivity contribution in [2.45, 2.75) is 12.5 Å². The Kier molecular flexibility index (Phi) is 2.92. The van der Waals surface area contributed by atoms with Gasteiger partial charge in [-0.05, 0) is 29.8 Å². The standard InChI is InChI=1S/C15H12BrNO/c16-11-5-3-4-10(8-11)14-9-15(18)12-6-1-2-7-13(12)17-14/h1-8,14,17H,9H2. The van der Waals surface area contributed by atoms with Gasteiger partial charge in [-0.15, -0.1) is 0 Å². The topological polar surface area (TPSA) is 29.1 Å². The molecular weight excluding hydrogens is 290 g/mol. The highest BCUT2D eigenvalue weighted by atomic mass is 79.9. The van der Waals surface area contributed by atoms with Gasteiger partial charge in [0, 0.05) is 22.1 Å². The highest BCUT2D eigenvalue weighted by molar-refractivity contribution is 9.10. The van der Waals surface area contributed by atoms with Crippen molar-refractivity contribution in [1.29, 1.82) is 0 Å². The minimum Gasteiger partial charge on any atom is -0.377 e. The molecule has 90 valence electrons. The fourth-order valence-electron chi connectivity index (χ4n) is 2.31. The van der Waals surface area contributed by atoms with E-state index in [4.69, 9.17) is 0 Å². The van der Waals surface area contributed by atoms with Crippen molar-refractivity contribution in [3.8, 4) is 0 Å². The number of Topliss-reactive ketones (excluding diaryl/α,β-unsaturated/α-hetero) is 1. The number of carbonyl (C=O) groups is 1. The number of carbonyl (C=O) groups excluding carboxylic acids is 1. The molecule has 1 N–H and O–H groups in total.